The minimum Gasteiger partial charge on any atom is -0.368 e. The maximum atomic E-state index is 12.2. The number of piperidine rings is 1. The summed E-state index contributed by atoms with van der Waals surface area (Å²) in [5.74, 6) is 0.819. The molecule has 1 saturated heterocycles. The quantitative estimate of drug-likeness (QED) is 0.532. The lowest BCUT2D eigenvalue weighted by atomic mass is 10.0. The predicted molar refractivity (Wildman–Crippen MR) is 129 cm³/mol. The number of hydrogen-bond acceptors (Lipinski definition) is 3. The van der Waals surface area contributed by atoms with Gasteiger partial charge in [0.15, 0.2) is 5.96 Å². The number of guanidine groups is 1. The first-order valence-electron chi connectivity index (χ1n) is 10.7. The third-order valence-corrected chi connectivity index (χ3v) is 5.78. The fraction of sp³-hybridized carbons (Fsp3) is 0.417. The molecular formula is C24H32ClN5O. The zero-order chi connectivity index (χ0) is 22.2. The molecule has 0 bridgehead atoms. The lowest BCUT2D eigenvalue weighted by Gasteiger charge is -2.35. The third kappa shape index (κ3) is 6.37. The van der Waals surface area contributed by atoms with Crippen LogP contribution in [0.4, 0.5) is 5.69 Å². The lowest BCUT2D eigenvalue weighted by Crippen LogP contribution is -2.51. The van der Waals surface area contributed by atoms with Crippen molar-refractivity contribution in [1.82, 2.24) is 15.5 Å². The van der Waals surface area contributed by atoms with Crippen molar-refractivity contribution < 1.29 is 4.79 Å². The van der Waals surface area contributed by atoms with Gasteiger partial charge in [-0.1, -0.05) is 35.9 Å². The van der Waals surface area contributed by atoms with Crippen LogP contribution in [0, 0.1) is 0 Å². The summed E-state index contributed by atoms with van der Waals surface area (Å²) in [5, 5.41) is 7.74. The summed E-state index contributed by atoms with van der Waals surface area (Å²) in [5.41, 5.74) is 2.93. The summed E-state index contributed by atoms with van der Waals surface area (Å²) >= 11 is 6.39. The highest BCUT2D eigenvalue weighted by Gasteiger charge is 2.22. The van der Waals surface area contributed by atoms with Gasteiger partial charge in [-0.25, -0.2) is 0 Å². The van der Waals surface area contributed by atoms with Crippen LogP contribution in [0.15, 0.2) is 53.5 Å². The number of benzene rings is 2. The van der Waals surface area contributed by atoms with E-state index >= 15 is 0 Å². The minimum atomic E-state index is 0.0210. The molecule has 2 aromatic carbocycles. The molecule has 0 aromatic heterocycles. The van der Waals surface area contributed by atoms with Crippen molar-refractivity contribution in [2.45, 2.75) is 25.3 Å². The fourth-order valence-corrected chi connectivity index (χ4v) is 4.11. The highest BCUT2D eigenvalue weighted by molar-refractivity contribution is 6.33. The monoisotopic (exact) mass is 441 g/mol. The van der Waals surface area contributed by atoms with Crippen LogP contribution in [0.1, 0.15) is 28.8 Å². The Bertz CT molecular complexity index is 914. The first-order valence-corrected chi connectivity index (χ1v) is 11.1. The van der Waals surface area contributed by atoms with Crippen LogP contribution in [-0.4, -0.2) is 63.6 Å². The van der Waals surface area contributed by atoms with E-state index in [0.717, 1.165) is 61.1 Å². The molecule has 3 rings (SSSR count). The van der Waals surface area contributed by atoms with Gasteiger partial charge >= 0.3 is 0 Å². The molecule has 7 heteroatoms. The molecule has 1 unspecified atom stereocenters. The Morgan fingerprint density at radius 1 is 1.23 bits per heavy atom. The molecule has 2 aromatic rings. The summed E-state index contributed by atoms with van der Waals surface area (Å²) < 4.78 is 0. The van der Waals surface area contributed by atoms with Crippen LogP contribution < -0.4 is 15.5 Å². The first-order chi connectivity index (χ1) is 15.0. The normalized spacial score (nSPS) is 16.7. The van der Waals surface area contributed by atoms with E-state index in [4.69, 9.17) is 11.6 Å². The molecule has 2 N–H and O–H groups in total. The zero-order valence-corrected chi connectivity index (χ0v) is 19.3. The molecule has 1 aliphatic heterocycles. The Morgan fingerprint density at radius 2 is 2.03 bits per heavy atom. The number of amides is 1. The van der Waals surface area contributed by atoms with Crippen molar-refractivity contribution in [3.63, 3.8) is 0 Å². The van der Waals surface area contributed by atoms with E-state index in [1.807, 2.05) is 42.5 Å². The minimum absolute atomic E-state index is 0.0210. The average Bonchev–Trinajstić information content (AvgIpc) is 2.78. The number of rotatable bonds is 6. The largest absolute Gasteiger partial charge is 0.368 e. The van der Waals surface area contributed by atoms with Crippen LogP contribution >= 0.6 is 11.6 Å². The van der Waals surface area contributed by atoms with Gasteiger partial charge in [0.1, 0.15) is 0 Å². The topological polar surface area (TPSA) is 60.0 Å². The van der Waals surface area contributed by atoms with Gasteiger partial charge in [-0.05, 0) is 49.1 Å². The maximum absolute atomic E-state index is 12.2. The summed E-state index contributed by atoms with van der Waals surface area (Å²) in [6.07, 6.45) is 3.01. The standard InChI is InChI=1S/C24H32ClN5O/c1-26-24(27-14-13-18-8-6-9-19(16-18)23(31)29(2)3)28-20-10-7-15-30(17-20)22-12-5-4-11-21(22)25/h4-6,8-9,11-12,16,20H,7,10,13-15,17H2,1-3H3,(H2,26,27,28). The van der Waals surface area contributed by atoms with Gasteiger partial charge in [-0.3, -0.25) is 9.79 Å². The number of anilines is 1. The zero-order valence-electron chi connectivity index (χ0n) is 18.6. The number of carbonyl (C=O) groups excluding carboxylic acids is 1. The Labute approximate surface area is 190 Å². The number of halogens is 1. The van der Waals surface area contributed by atoms with E-state index in [9.17, 15) is 4.79 Å². The second kappa shape index (κ2) is 11.0. The molecule has 166 valence electrons. The Balaban J connectivity index is 1.51. The number of nitrogens with one attached hydrogen (secondary N) is 2. The van der Waals surface area contributed by atoms with Gasteiger partial charge in [-0.15, -0.1) is 0 Å². The van der Waals surface area contributed by atoms with Crippen molar-refractivity contribution in [3.8, 4) is 0 Å². The van der Waals surface area contributed by atoms with E-state index in [1.54, 1.807) is 26.0 Å². The molecule has 1 atom stereocenters. The molecule has 1 aliphatic rings. The smallest absolute Gasteiger partial charge is 0.253 e. The second-order valence-electron chi connectivity index (χ2n) is 8.03. The van der Waals surface area contributed by atoms with Gasteiger partial charge < -0.3 is 20.4 Å². The molecule has 0 saturated carbocycles. The molecule has 1 heterocycles. The van der Waals surface area contributed by atoms with E-state index in [-0.39, 0.29) is 5.91 Å². The third-order valence-electron chi connectivity index (χ3n) is 5.47. The summed E-state index contributed by atoms with van der Waals surface area (Å²) in [7, 11) is 5.33. The highest BCUT2D eigenvalue weighted by atomic mass is 35.5. The second-order valence-corrected chi connectivity index (χ2v) is 8.44. The van der Waals surface area contributed by atoms with Crippen molar-refractivity contribution in [2.24, 2.45) is 4.99 Å². The number of carbonyl (C=O) groups is 1. The first kappa shape index (κ1) is 22.9. The van der Waals surface area contributed by atoms with Crippen molar-refractivity contribution in [3.05, 3.63) is 64.7 Å². The Kier molecular flexibility index (Phi) is 8.18. The summed E-state index contributed by atoms with van der Waals surface area (Å²) in [4.78, 5) is 20.5. The fourth-order valence-electron chi connectivity index (χ4n) is 3.85. The number of para-hydroxylation sites is 1. The maximum Gasteiger partial charge on any atom is 0.253 e. The molecule has 31 heavy (non-hydrogen) atoms. The van der Waals surface area contributed by atoms with Crippen LogP contribution in [0.2, 0.25) is 5.02 Å². The molecule has 0 aliphatic carbocycles. The average molecular weight is 442 g/mol. The van der Waals surface area contributed by atoms with E-state index < -0.39 is 0 Å². The SMILES string of the molecule is CN=C(NCCc1cccc(C(=O)N(C)C)c1)NC1CCCN(c2ccccc2Cl)C1. The van der Waals surface area contributed by atoms with E-state index in [2.05, 4.69) is 26.6 Å². The van der Waals surface area contributed by atoms with Crippen LogP contribution in [0.5, 0.6) is 0 Å². The molecule has 1 fully saturated rings. The summed E-state index contributed by atoms with van der Waals surface area (Å²) in [6, 6.07) is 16.1. The molecule has 0 spiro atoms. The molecular weight excluding hydrogens is 410 g/mol. The predicted octanol–water partition coefficient (Wildman–Crippen LogP) is 3.42. The molecule has 0 radical (unpaired) electrons. The van der Waals surface area contributed by atoms with Crippen molar-refractivity contribution >= 4 is 29.2 Å². The van der Waals surface area contributed by atoms with Crippen LogP contribution in [-0.2, 0) is 6.42 Å². The number of nitrogens with zero attached hydrogens (tertiary/aromatic N) is 3. The Morgan fingerprint density at radius 3 is 2.77 bits per heavy atom. The molecule has 6 nitrogen and oxygen atoms in total. The summed E-state index contributed by atoms with van der Waals surface area (Å²) in [6.45, 7) is 2.63. The van der Waals surface area contributed by atoms with Crippen molar-refractivity contribution in [2.75, 3.05) is 45.7 Å². The highest BCUT2D eigenvalue weighted by Crippen LogP contribution is 2.27. The molecule has 1 amide bonds. The van der Waals surface area contributed by atoms with E-state index in [1.165, 1.54) is 0 Å². The Hall–Kier alpha value is -2.73. The van der Waals surface area contributed by atoms with Gasteiger partial charge in [0.25, 0.3) is 5.91 Å². The van der Waals surface area contributed by atoms with Gasteiger partial charge in [-0.2, -0.15) is 0 Å². The van der Waals surface area contributed by atoms with Gasteiger partial charge in [0.2, 0.25) is 0 Å². The van der Waals surface area contributed by atoms with Gasteiger partial charge in [0.05, 0.1) is 10.7 Å². The van der Waals surface area contributed by atoms with Crippen LogP contribution in [0.25, 0.3) is 0 Å². The number of aliphatic imine (C=N–C) groups is 1. The van der Waals surface area contributed by atoms with Crippen LogP contribution in [0.3, 0.4) is 0 Å². The number of hydrogen-bond donors (Lipinski definition) is 2. The van der Waals surface area contributed by atoms with Gasteiger partial charge in [0, 0.05) is 52.4 Å². The lowest BCUT2D eigenvalue weighted by molar-refractivity contribution is 0.0827. The van der Waals surface area contributed by atoms with Crippen molar-refractivity contribution in [1.29, 1.82) is 0 Å². The van der Waals surface area contributed by atoms with E-state index in [0.29, 0.717) is 11.6 Å².